The lowest BCUT2D eigenvalue weighted by atomic mass is 9.87. The first-order valence-corrected chi connectivity index (χ1v) is 7.43. The molecule has 3 rings (SSSR count). The molecule has 1 aromatic heterocycles. The summed E-state index contributed by atoms with van der Waals surface area (Å²) in [6.45, 7) is 0.328. The van der Waals surface area contributed by atoms with Crippen LogP contribution in [0.4, 0.5) is 0 Å². The molecule has 0 amide bonds. The van der Waals surface area contributed by atoms with Crippen molar-refractivity contribution in [3.05, 3.63) is 78.4 Å². The average molecular weight is 309 g/mol. The van der Waals surface area contributed by atoms with Crippen molar-refractivity contribution in [2.45, 2.75) is 18.6 Å². The summed E-state index contributed by atoms with van der Waals surface area (Å²) in [5.41, 5.74) is 0.796. The molecule has 2 aromatic carbocycles. The Morgan fingerprint density at radius 3 is 2.43 bits per heavy atom. The summed E-state index contributed by atoms with van der Waals surface area (Å²) in [4.78, 5) is 3.96. The van der Waals surface area contributed by atoms with E-state index < -0.39 is 5.60 Å². The number of hydrogen-bond donors (Lipinski definition) is 1. The first kappa shape index (κ1) is 15.2. The monoisotopic (exact) mass is 309 g/mol. The highest BCUT2D eigenvalue weighted by Gasteiger charge is 2.30. The SMILES string of the molecule is COc1ccc(C(O)(Cc2ccccc2)Cn2cncn2)cc1. The summed E-state index contributed by atoms with van der Waals surface area (Å²) in [7, 11) is 1.63. The van der Waals surface area contributed by atoms with Crippen LogP contribution in [0, 0.1) is 0 Å². The fourth-order valence-electron chi connectivity index (χ4n) is 2.67. The zero-order valence-electron chi connectivity index (χ0n) is 13.0. The lowest BCUT2D eigenvalue weighted by molar-refractivity contribution is 0.0150. The zero-order valence-corrected chi connectivity index (χ0v) is 13.0. The molecule has 0 aliphatic rings. The maximum atomic E-state index is 11.3. The van der Waals surface area contributed by atoms with Gasteiger partial charge in [0.15, 0.2) is 0 Å². The molecule has 23 heavy (non-hydrogen) atoms. The van der Waals surface area contributed by atoms with Crippen LogP contribution in [0.1, 0.15) is 11.1 Å². The van der Waals surface area contributed by atoms with Crippen molar-refractivity contribution < 1.29 is 9.84 Å². The van der Waals surface area contributed by atoms with E-state index in [9.17, 15) is 5.11 Å². The van der Waals surface area contributed by atoms with Crippen molar-refractivity contribution in [2.24, 2.45) is 0 Å². The maximum absolute atomic E-state index is 11.3. The Morgan fingerprint density at radius 2 is 1.83 bits per heavy atom. The molecule has 0 saturated heterocycles. The normalized spacial score (nSPS) is 13.5. The molecule has 5 nitrogen and oxygen atoms in total. The second kappa shape index (κ2) is 6.62. The predicted molar refractivity (Wildman–Crippen MR) is 87.1 cm³/mol. The van der Waals surface area contributed by atoms with Gasteiger partial charge in [-0.3, -0.25) is 0 Å². The first-order valence-electron chi connectivity index (χ1n) is 7.43. The van der Waals surface area contributed by atoms with E-state index in [0.29, 0.717) is 13.0 Å². The minimum Gasteiger partial charge on any atom is -0.497 e. The highest BCUT2D eigenvalue weighted by Crippen LogP contribution is 2.29. The highest BCUT2D eigenvalue weighted by atomic mass is 16.5. The lowest BCUT2D eigenvalue weighted by Crippen LogP contribution is -2.34. The number of aromatic nitrogens is 3. The summed E-state index contributed by atoms with van der Waals surface area (Å²) in [6.07, 6.45) is 3.57. The van der Waals surface area contributed by atoms with Crippen LogP contribution in [0.3, 0.4) is 0 Å². The van der Waals surface area contributed by atoms with E-state index in [1.54, 1.807) is 18.1 Å². The molecule has 0 fully saturated rings. The average Bonchev–Trinajstić information content (AvgIpc) is 3.08. The number of aliphatic hydroxyl groups is 1. The molecule has 1 unspecified atom stereocenters. The third-order valence-electron chi connectivity index (χ3n) is 3.86. The number of nitrogens with zero attached hydrogens (tertiary/aromatic N) is 3. The van der Waals surface area contributed by atoms with Crippen molar-refractivity contribution in [1.82, 2.24) is 14.8 Å². The van der Waals surface area contributed by atoms with Gasteiger partial charge in [0.1, 0.15) is 24.0 Å². The minimum absolute atomic E-state index is 0.328. The van der Waals surface area contributed by atoms with E-state index in [-0.39, 0.29) is 0 Å². The fourth-order valence-corrected chi connectivity index (χ4v) is 2.67. The number of rotatable bonds is 6. The van der Waals surface area contributed by atoms with E-state index in [2.05, 4.69) is 10.1 Å². The number of methoxy groups -OCH3 is 1. The van der Waals surface area contributed by atoms with Crippen molar-refractivity contribution in [2.75, 3.05) is 7.11 Å². The summed E-state index contributed by atoms with van der Waals surface area (Å²) in [6, 6.07) is 17.4. The Labute approximate surface area is 135 Å². The number of hydrogen-bond acceptors (Lipinski definition) is 4. The molecule has 0 aliphatic carbocycles. The lowest BCUT2D eigenvalue weighted by Gasteiger charge is -2.29. The van der Waals surface area contributed by atoms with E-state index >= 15 is 0 Å². The topological polar surface area (TPSA) is 60.2 Å². The molecule has 0 bridgehead atoms. The van der Waals surface area contributed by atoms with Crippen LogP contribution >= 0.6 is 0 Å². The molecule has 0 aliphatic heterocycles. The summed E-state index contributed by atoms with van der Waals surface area (Å²) in [5.74, 6) is 0.761. The van der Waals surface area contributed by atoms with Crippen LogP contribution < -0.4 is 4.74 Å². The molecule has 3 aromatic rings. The second-order valence-electron chi connectivity index (χ2n) is 5.52. The Balaban J connectivity index is 1.94. The molecule has 0 radical (unpaired) electrons. The molecule has 118 valence electrons. The predicted octanol–water partition coefficient (Wildman–Crippen LogP) is 2.42. The number of ether oxygens (including phenoxy) is 1. The highest BCUT2D eigenvalue weighted by molar-refractivity contribution is 5.32. The Bertz CT molecular complexity index is 727. The van der Waals surface area contributed by atoms with Crippen LogP contribution in [-0.2, 0) is 18.6 Å². The quantitative estimate of drug-likeness (QED) is 0.759. The van der Waals surface area contributed by atoms with Gasteiger partial charge in [-0.1, -0.05) is 42.5 Å². The van der Waals surface area contributed by atoms with Gasteiger partial charge in [0.05, 0.1) is 13.7 Å². The molecule has 1 atom stereocenters. The Hall–Kier alpha value is -2.66. The summed E-state index contributed by atoms with van der Waals surface area (Å²) in [5, 5.41) is 15.5. The summed E-state index contributed by atoms with van der Waals surface area (Å²) >= 11 is 0. The van der Waals surface area contributed by atoms with Crippen molar-refractivity contribution in [3.8, 4) is 5.75 Å². The van der Waals surface area contributed by atoms with Gasteiger partial charge in [-0.15, -0.1) is 0 Å². The van der Waals surface area contributed by atoms with Gasteiger partial charge >= 0.3 is 0 Å². The molecule has 0 saturated carbocycles. The molecule has 1 heterocycles. The van der Waals surface area contributed by atoms with E-state index in [0.717, 1.165) is 16.9 Å². The number of benzene rings is 2. The van der Waals surface area contributed by atoms with Crippen molar-refractivity contribution in [3.63, 3.8) is 0 Å². The van der Waals surface area contributed by atoms with Gasteiger partial charge in [-0.2, -0.15) is 5.10 Å². The van der Waals surface area contributed by atoms with E-state index in [4.69, 9.17) is 4.74 Å². The van der Waals surface area contributed by atoms with Crippen LogP contribution in [0.25, 0.3) is 0 Å². The largest absolute Gasteiger partial charge is 0.497 e. The van der Waals surface area contributed by atoms with Crippen LogP contribution in [0.5, 0.6) is 5.75 Å². The smallest absolute Gasteiger partial charge is 0.137 e. The molecular formula is C18H19N3O2. The van der Waals surface area contributed by atoms with E-state index in [1.165, 1.54) is 6.33 Å². The minimum atomic E-state index is -1.08. The van der Waals surface area contributed by atoms with Crippen LogP contribution in [-0.4, -0.2) is 27.0 Å². The fraction of sp³-hybridized carbons (Fsp3) is 0.222. The van der Waals surface area contributed by atoms with Crippen LogP contribution in [0.2, 0.25) is 0 Å². The van der Waals surface area contributed by atoms with E-state index in [1.807, 2.05) is 54.6 Å². The first-order chi connectivity index (χ1) is 11.2. The van der Waals surface area contributed by atoms with Gasteiger partial charge in [0.25, 0.3) is 0 Å². The van der Waals surface area contributed by atoms with Crippen LogP contribution in [0.15, 0.2) is 67.3 Å². The second-order valence-corrected chi connectivity index (χ2v) is 5.52. The third-order valence-corrected chi connectivity index (χ3v) is 3.86. The van der Waals surface area contributed by atoms with Gasteiger partial charge in [0.2, 0.25) is 0 Å². The van der Waals surface area contributed by atoms with Gasteiger partial charge in [0, 0.05) is 6.42 Å². The summed E-state index contributed by atoms with van der Waals surface area (Å²) < 4.78 is 6.84. The van der Waals surface area contributed by atoms with Gasteiger partial charge < -0.3 is 9.84 Å². The zero-order chi connectivity index (χ0) is 16.1. The molecular weight excluding hydrogens is 290 g/mol. The third kappa shape index (κ3) is 3.57. The van der Waals surface area contributed by atoms with Gasteiger partial charge in [-0.05, 0) is 23.3 Å². The Kier molecular flexibility index (Phi) is 4.39. The van der Waals surface area contributed by atoms with Crippen molar-refractivity contribution in [1.29, 1.82) is 0 Å². The maximum Gasteiger partial charge on any atom is 0.137 e. The Morgan fingerprint density at radius 1 is 1.09 bits per heavy atom. The standard InChI is InChI=1S/C18H19N3O2/c1-23-17-9-7-16(8-10-17)18(22,12-21-14-19-13-20-21)11-15-5-3-2-4-6-15/h2-10,13-14,22H,11-12H2,1H3. The molecule has 5 heteroatoms. The molecule has 0 spiro atoms. The van der Waals surface area contributed by atoms with Gasteiger partial charge in [-0.25, -0.2) is 9.67 Å². The van der Waals surface area contributed by atoms with Crippen molar-refractivity contribution >= 4 is 0 Å². The molecule has 1 N–H and O–H groups in total.